The highest BCUT2D eigenvalue weighted by atomic mass is 16.5. The van der Waals surface area contributed by atoms with Crippen LogP contribution in [0.4, 0.5) is 0 Å². The lowest BCUT2D eigenvalue weighted by Crippen LogP contribution is -2.53. The van der Waals surface area contributed by atoms with E-state index in [1.54, 1.807) is 0 Å². The van der Waals surface area contributed by atoms with Gasteiger partial charge in [-0.1, -0.05) is 84.9 Å². The smallest absolute Gasteiger partial charge is 0.328 e. The van der Waals surface area contributed by atoms with Crippen LogP contribution in [0.2, 0.25) is 0 Å². The zero-order valence-corrected chi connectivity index (χ0v) is 18.8. The molecule has 170 valence electrons. The van der Waals surface area contributed by atoms with Crippen molar-refractivity contribution in [2.75, 3.05) is 7.11 Å². The predicted octanol–water partition coefficient (Wildman–Crippen LogP) is 3.30. The van der Waals surface area contributed by atoms with Crippen LogP contribution in [0.3, 0.4) is 0 Å². The summed E-state index contributed by atoms with van der Waals surface area (Å²) in [5.74, 6) is -1.31. The van der Waals surface area contributed by atoms with Crippen molar-refractivity contribution < 1.29 is 19.1 Å². The molecule has 3 rings (SSSR count). The molecule has 0 heterocycles. The van der Waals surface area contributed by atoms with Crippen LogP contribution in [0, 0.1) is 0 Å². The molecule has 0 bridgehead atoms. The summed E-state index contributed by atoms with van der Waals surface area (Å²) in [5, 5.41) is 5.44. The van der Waals surface area contributed by atoms with Crippen molar-refractivity contribution in [1.82, 2.24) is 10.6 Å². The Morgan fingerprint density at radius 2 is 1.21 bits per heavy atom. The Balaban J connectivity index is 1.72. The van der Waals surface area contributed by atoms with Crippen molar-refractivity contribution >= 4 is 17.8 Å². The van der Waals surface area contributed by atoms with Crippen LogP contribution in [-0.4, -0.2) is 37.0 Å². The summed E-state index contributed by atoms with van der Waals surface area (Å²) in [6.07, 6.45) is 0.581. The number of esters is 1. The normalized spacial score (nSPS) is 12.3. The van der Waals surface area contributed by atoms with E-state index in [1.165, 1.54) is 14.0 Å². The summed E-state index contributed by atoms with van der Waals surface area (Å²) in [6, 6.07) is 25.5. The van der Waals surface area contributed by atoms with Gasteiger partial charge in [0.15, 0.2) is 0 Å². The first-order chi connectivity index (χ1) is 16.0. The Labute approximate surface area is 194 Å². The molecule has 0 aromatic heterocycles. The molecule has 3 aromatic rings. The van der Waals surface area contributed by atoms with Gasteiger partial charge in [0.05, 0.1) is 7.11 Å². The number of benzene rings is 3. The second-order valence-electron chi connectivity index (χ2n) is 7.79. The first-order valence-electron chi connectivity index (χ1n) is 10.8. The van der Waals surface area contributed by atoms with E-state index in [-0.39, 0.29) is 12.3 Å². The maximum absolute atomic E-state index is 13.0. The van der Waals surface area contributed by atoms with Crippen molar-refractivity contribution in [3.8, 4) is 11.1 Å². The minimum atomic E-state index is -0.878. The van der Waals surface area contributed by atoms with Crippen molar-refractivity contribution in [1.29, 1.82) is 0 Å². The van der Waals surface area contributed by atoms with Crippen LogP contribution in [0.1, 0.15) is 18.1 Å². The Morgan fingerprint density at radius 1 is 0.697 bits per heavy atom. The monoisotopic (exact) mass is 444 g/mol. The Kier molecular flexibility index (Phi) is 8.36. The topological polar surface area (TPSA) is 84.5 Å². The minimum Gasteiger partial charge on any atom is -0.467 e. The van der Waals surface area contributed by atoms with Gasteiger partial charge in [-0.3, -0.25) is 9.59 Å². The highest BCUT2D eigenvalue weighted by molar-refractivity contribution is 5.90. The number of rotatable bonds is 9. The van der Waals surface area contributed by atoms with E-state index in [1.807, 2.05) is 84.9 Å². The molecule has 0 aliphatic heterocycles. The summed E-state index contributed by atoms with van der Waals surface area (Å²) in [4.78, 5) is 37.1. The van der Waals surface area contributed by atoms with Crippen molar-refractivity contribution in [3.63, 3.8) is 0 Å². The van der Waals surface area contributed by atoms with E-state index < -0.39 is 24.0 Å². The van der Waals surface area contributed by atoms with Crippen molar-refractivity contribution in [3.05, 3.63) is 96.1 Å². The largest absolute Gasteiger partial charge is 0.467 e. The van der Waals surface area contributed by atoms with Gasteiger partial charge in [-0.05, 0) is 22.3 Å². The summed E-state index contributed by atoms with van der Waals surface area (Å²) in [6.45, 7) is 1.36. The number of hydrogen-bond acceptors (Lipinski definition) is 4. The molecule has 0 fully saturated rings. The number of amides is 2. The van der Waals surface area contributed by atoms with Gasteiger partial charge in [-0.25, -0.2) is 4.79 Å². The average molecular weight is 445 g/mol. The van der Waals surface area contributed by atoms with Crippen LogP contribution in [0.15, 0.2) is 84.9 Å². The predicted molar refractivity (Wildman–Crippen MR) is 127 cm³/mol. The highest BCUT2D eigenvalue weighted by Crippen LogP contribution is 2.20. The second-order valence-corrected chi connectivity index (χ2v) is 7.79. The third kappa shape index (κ3) is 7.04. The molecule has 0 aliphatic carbocycles. The zero-order chi connectivity index (χ0) is 23.6. The summed E-state index contributed by atoms with van der Waals surface area (Å²) in [7, 11) is 1.29. The molecule has 0 saturated heterocycles. The van der Waals surface area contributed by atoms with Crippen LogP contribution < -0.4 is 10.6 Å². The lowest BCUT2D eigenvalue weighted by Gasteiger charge is -2.22. The summed E-state index contributed by atoms with van der Waals surface area (Å²) in [5.41, 5.74) is 3.94. The maximum atomic E-state index is 13.0. The molecular formula is C27H28N2O4. The number of ether oxygens (including phenoxy) is 1. The number of hydrogen-bond donors (Lipinski definition) is 2. The zero-order valence-electron chi connectivity index (χ0n) is 18.8. The van der Waals surface area contributed by atoms with E-state index >= 15 is 0 Å². The fourth-order valence-electron chi connectivity index (χ4n) is 3.61. The SMILES string of the molecule is COC(=O)[C@@H](Cc1ccc(-c2ccccc2)cc1)NC(=O)[C@H](Cc1ccccc1)NC(C)=O. The van der Waals surface area contributed by atoms with Crippen LogP contribution in [0.5, 0.6) is 0 Å². The fourth-order valence-corrected chi connectivity index (χ4v) is 3.61. The third-order valence-corrected chi connectivity index (χ3v) is 5.28. The van der Waals surface area contributed by atoms with Gasteiger partial charge >= 0.3 is 5.97 Å². The maximum Gasteiger partial charge on any atom is 0.328 e. The molecule has 2 atom stereocenters. The van der Waals surface area contributed by atoms with Crippen LogP contribution in [0.25, 0.3) is 11.1 Å². The van der Waals surface area contributed by atoms with E-state index in [0.717, 1.165) is 22.3 Å². The lowest BCUT2D eigenvalue weighted by atomic mass is 10.00. The number of nitrogens with one attached hydrogen (secondary N) is 2. The molecule has 6 heteroatoms. The number of methoxy groups -OCH3 is 1. The minimum absolute atomic E-state index is 0.269. The average Bonchev–Trinajstić information content (AvgIpc) is 2.84. The van der Waals surface area contributed by atoms with E-state index in [9.17, 15) is 14.4 Å². The fraction of sp³-hybridized carbons (Fsp3) is 0.222. The van der Waals surface area contributed by atoms with Gasteiger partial charge in [0.2, 0.25) is 11.8 Å². The van der Waals surface area contributed by atoms with Gasteiger partial charge in [0, 0.05) is 19.8 Å². The molecule has 0 unspecified atom stereocenters. The van der Waals surface area contributed by atoms with Gasteiger partial charge in [0.1, 0.15) is 12.1 Å². The quantitative estimate of drug-likeness (QED) is 0.496. The molecule has 0 saturated carbocycles. The molecule has 33 heavy (non-hydrogen) atoms. The molecule has 0 aliphatic rings. The third-order valence-electron chi connectivity index (χ3n) is 5.28. The van der Waals surface area contributed by atoms with E-state index in [2.05, 4.69) is 10.6 Å². The second kappa shape index (κ2) is 11.6. The lowest BCUT2D eigenvalue weighted by molar-refractivity contribution is -0.145. The highest BCUT2D eigenvalue weighted by Gasteiger charge is 2.27. The van der Waals surface area contributed by atoms with Crippen molar-refractivity contribution in [2.45, 2.75) is 31.8 Å². The van der Waals surface area contributed by atoms with Crippen LogP contribution >= 0.6 is 0 Å². The van der Waals surface area contributed by atoms with E-state index in [4.69, 9.17) is 4.74 Å². The first-order valence-corrected chi connectivity index (χ1v) is 10.8. The molecule has 2 amide bonds. The summed E-state index contributed by atoms with van der Waals surface area (Å²) >= 11 is 0. The van der Waals surface area contributed by atoms with Gasteiger partial charge in [-0.15, -0.1) is 0 Å². The molecular weight excluding hydrogens is 416 g/mol. The summed E-state index contributed by atoms with van der Waals surface area (Å²) < 4.78 is 4.92. The number of carbonyl (C=O) groups is 3. The Morgan fingerprint density at radius 3 is 1.79 bits per heavy atom. The Hall–Kier alpha value is -3.93. The molecule has 0 radical (unpaired) electrons. The molecule has 3 aromatic carbocycles. The van der Waals surface area contributed by atoms with Gasteiger partial charge in [-0.2, -0.15) is 0 Å². The molecule has 2 N–H and O–H groups in total. The van der Waals surface area contributed by atoms with Gasteiger partial charge in [0.25, 0.3) is 0 Å². The van der Waals surface area contributed by atoms with Crippen LogP contribution in [-0.2, 0) is 32.0 Å². The number of carbonyl (C=O) groups excluding carboxylic acids is 3. The first kappa shape index (κ1) is 23.7. The molecule has 6 nitrogen and oxygen atoms in total. The van der Waals surface area contributed by atoms with E-state index in [0.29, 0.717) is 6.42 Å². The Bertz CT molecular complexity index is 1070. The standard InChI is InChI=1S/C27H28N2O4/c1-19(30)28-24(17-20-9-5-3-6-10-20)26(31)29-25(27(32)33-2)18-21-13-15-23(16-14-21)22-11-7-4-8-12-22/h3-16,24-25H,17-18H2,1-2H3,(H,28,30)(H,29,31)/t24-,25+/m0/s1. The van der Waals surface area contributed by atoms with Gasteiger partial charge < -0.3 is 15.4 Å². The molecule has 0 spiro atoms. The van der Waals surface area contributed by atoms with Crippen molar-refractivity contribution in [2.24, 2.45) is 0 Å².